The van der Waals surface area contributed by atoms with E-state index in [-0.39, 0.29) is 5.82 Å². The lowest BCUT2D eigenvalue weighted by atomic mass is 9.96. The maximum Gasteiger partial charge on any atom is 0.351 e. The number of nitrogens with zero attached hydrogens (tertiary/aromatic N) is 2. The maximum absolute atomic E-state index is 13.0. The van der Waals surface area contributed by atoms with Crippen LogP contribution in [0, 0.1) is 0 Å². The van der Waals surface area contributed by atoms with Gasteiger partial charge in [0.1, 0.15) is 18.0 Å². The van der Waals surface area contributed by atoms with Gasteiger partial charge in [0.25, 0.3) is 6.43 Å². The molecule has 0 saturated carbocycles. The molecule has 1 aromatic rings. The molecule has 4 atom stereocenters. The van der Waals surface area contributed by atoms with Crippen molar-refractivity contribution in [3.8, 4) is 0 Å². The fraction of sp³-hybridized carbons (Fsp3) is 0.600. The van der Waals surface area contributed by atoms with Crippen molar-refractivity contribution in [3.05, 3.63) is 22.7 Å². The Morgan fingerprint density at radius 2 is 2.20 bits per heavy atom. The summed E-state index contributed by atoms with van der Waals surface area (Å²) in [6, 6.07) is 1.20. The van der Waals surface area contributed by atoms with Gasteiger partial charge in [-0.1, -0.05) is 0 Å². The van der Waals surface area contributed by atoms with E-state index < -0.39 is 42.8 Å². The SMILES string of the molecule is Nc1ccn([C@@H]2O[C@@](CO)(C(F)F)C(O)C2O)c(=O)n1. The zero-order valence-electron chi connectivity index (χ0n) is 10.1. The van der Waals surface area contributed by atoms with Crippen molar-refractivity contribution in [2.24, 2.45) is 0 Å². The topological polar surface area (TPSA) is 131 Å². The minimum atomic E-state index is -3.26. The van der Waals surface area contributed by atoms with Crippen molar-refractivity contribution in [2.45, 2.75) is 30.5 Å². The molecule has 0 aromatic carbocycles. The van der Waals surface area contributed by atoms with E-state index in [0.29, 0.717) is 4.57 Å². The molecule has 5 N–H and O–H groups in total. The number of aliphatic hydroxyl groups is 3. The highest BCUT2D eigenvalue weighted by Gasteiger charge is 2.60. The van der Waals surface area contributed by atoms with Crippen molar-refractivity contribution in [1.82, 2.24) is 9.55 Å². The van der Waals surface area contributed by atoms with Crippen LogP contribution < -0.4 is 11.4 Å². The predicted octanol–water partition coefficient (Wildman–Crippen LogP) is -1.93. The summed E-state index contributed by atoms with van der Waals surface area (Å²) in [5.41, 5.74) is 1.68. The molecule has 2 heterocycles. The van der Waals surface area contributed by atoms with Gasteiger partial charge < -0.3 is 25.8 Å². The van der Waals surface area contributed by atoms with Gasteiger partial charge in [-0.3, -0.25) is 4.57 Å². The Morgan fingerprint density at radius 3 is 2.65 bits per heavy atom. The first kappa shape index (κ1) is 14.8. The van der Waals surface area contributed by atoms with E-state index in [4.69, 9.17) is 15.6 Å². The van der Waals surface area contributed by atoms with E-state index in [9.17, 15) is 23.8 Å². The van der Waals surface area contributed by atoms with Crippen LogP contribution in [0.2, 0.25) is 0 Å². The van der Waals surface area contributed by atoms with Crippen molar-refractivity contribution >= 4 is 5.82 Å². The van der Waals surface area contributed by atoms with Gasteiger partial charge in [0.05, 0.1) is 6.61 Å². The first-order valence-corrected chi connectivity index (χ1v) is 5.61. The normalized spacial score (nSPS) is 33.8. The van der Waals surface area contributed by atoms with Gasteiger partial charge in [-0.2, -0.15) is 4.98 Å². The number of rotatable bonds is 3. The first-order valence-electron chi connectivity index (χ1n) is 5.61. The number of nitrogens with two attached hydrogens (primary N) is 1. The van der Waals surface area contributed by atoms with Gasteiger partial charge in [0, 0.05) is 6.20 Å². The Bertz CT molecular complexity index is 554. The zero-order valence-corrected chi connectivity index (χ0v) is 10.1. The summed E-state index contributed by atoms with van der Waals surface area (Å²) >= 11 is 0. The number of alkyl halides is 2. The van der Waals surface area contributed by atoms with E-state index >= 15 is 0 Å². The first-order chi connectivity index (χ1) is 9.33. The van der Waals surface area contributed by atoms with Crippen LogP contribution in [-0.4, -0.2) is 55.7 Å². The minimum absolute atomic E-state index is 0.0958. The highest BCUT2D eigenvalue weighted by Crippen LogP contribution is 2.40. The van der Waals surface area contributed by atoms with Crippen LogP contribution >= 0.6 is 0 Å². The van der Waals surface area contributed by atoms with Gasteiger partial charge in [0.15, 0.2) is 11.8 Å². The summed E-state index contributed by atoms with van der Waals surface area (Å²) in [5.74, 6) is -0.0958. The average molecular weight is 293 g/mol. The molecule has 1 fully saturated rings. The Labute approximate surface area is 111 Å². The Balaban J connectivity index is 2.42. The quantitative estimate of drug-likeness (QED) is 0.510. The minimum Gasteiger partial charge on any atom is -0.393 e. The number of hydrogen-bond acceptors (Lipinski definition) is 7. The fourth-order valence-electron chi connectivity index (χ4n) is 2.03. The average Bonchev–Trinajstić information content (AvgIpc) is 2.64. The molecule has 0 spiro atoms. The molecule has 112 valence electrons. The molecule has 20 heavy (non-hydrogen) atoms. The smallest absolute Gasteiger partial charge is 0.351 e. The number of aromatic nitrogens is 2. The Hall–Kier alpha value is -1.62. The summed E-state index contributed by atoms with van der Waals surface area (Å²) in [6.45, 7) is -1.23. The second-order valence-electron chi connectivity index (χ2n) is 4.40. The van der Waals surface area contributed by atoms with E-state index in [2.05, 4.69) is 4.98 Å². The van der Waals surface area contributed by atoms with Crippen molar-refractivity contribution in [2.75, 3.05) is 12.3 Å². The van der Waals surface area contributed by atoms with Gasteiger partial charge >= 0.3 is 5.69 Å². The lowest BCUT2D eigenvalue weighted by molar-refractivity contribution is -0.195. The molecule has 2 unspecified atom stereocenters. The highest BCUT2D eigenvalue weighted by molar-refractivity contribution is 5.23. The standard InChI is InChI=1S/C10H13F2N3O5/c11-8(12)10(3-16)6(18)5(17)7(20-10)15-2-1-4(13)14-9(15)19/h1-2,5-8,16-18H,3H2,(H2,13,14,19)/t5?,6?,7-,10-/m1/s1. The second kappa shape index (κ2) is 5.05. The van der Waals surface area contributed by atoms with Crippen LogP contribution in [-0.2, 0) is 4.74 Å². The van der Waals surface area contributed by atoms with E-state index in [1.54, 1.807) is 0 Å². The molecule has 2 rings (SSSR count). The number of hydrogen-bond donors (Lipinski definition) is 4. The maximum atomic E-state index is 13.0. The zero-order chi connectivity index (χ0) is 15.1. The third kappa shape index (κ3) is 2.06. The summed E-state index contributed by atoms with van der Waals surface area (Å²) in [6.07, 6.45) is -7.68. The van der Waals surface area contributed by atoms with Crippen LogP contribution in [0.5, 0.6) is 0 Å². The van der Waals surface area contributed by atoms with Crippen LogP contribution in [0.15, 0.2) is 17.1 Å². The fourth-order valence-corrected chi connectivity index (χ4v) is 2.03. The molecule has 1 saturated heterocycles. The number of halogens is 2. The second-order valence-corrected chi connectivity index (χ2v) is 4.40. The largest absolute Gasteiger partial charge is 0.393 e. The van der Waals surface area contributed by atoms with E-state index in [1.165, 1.54) is 6.07 Å². The molecule has 0 bridgehead atoms. The number of anilines is 1. The van der Waals surface area contributed by atoms with Gasteiger partial charge in [0.2, 0.25) is 0 Å². The van der Waals surface area contributed by atoms with Crippen molar-refractivity contribution < 1.29 is 28.8 Å². The number of aliphatic hydroxyl groups excluding tert-OH is 3. The lowest BCUT2D eigenvalue weighted by Crippen LogP contribution is -2.52. The van der Waals surface area contributed by atoms with Crippen molar-refractivity contribution in [3.63, 3.8) is 0 Å². The summed E-state index contributed by atoms with van der Waals surface area (Å²) < 4.78 is 31.6. The summed E-state index contributed by atoms with van der Waals surface area (Å²) in [7, 11) is 0. The van der Waals surface area contributed by atoms with Crippen molar-refractivity contribution in [1.29, 1.82) is 0 Å². The predicted molar refractivity (Wildman–Crippen MR) is 60.9 cm³/mol. The molecule has 0 amide bonds. The highest BCUT2D eigenvalue weighted by atomic mass is 19.3. The molecular formula is C10H13F2N3O5. The van der Waals surface area contributed by atoms with Gasteiger partial charge in [-0.15, -0.1) is 0 Å². The molecule has 1 aliphatic heterocycles. The summed E-state index contributed by atoms with van der Waals surface area (Å²) in [5, 5.41) is 28.5. The molecule has 1 aromatic heterocycles. The van der Waals surface area contributed by atoms with E-state index in [0.717, 1.165) is 6.20 Å². The van der Waals surface area contributed by atoms with Gasteiger partial charge in [-0.05, 0) is 6.07 Å². The third-order valence-electron chi connectivity index (χ3n) is 3.20. The summed E-state index contributed by atoms with van der Waals surface area (Å²) in [4.78, 5) is 15.0. The van der Waals surface area contributed by atoms with Gasteiger partial charge in [-0.25, -0.2) is 13.6 Å². The molecular weight excluding hydrogens is 280 g/mol. The third-order valence-corrected chi connectivity index (χ3v) is 3.20. The Kier molecular flexibility index (Phi) is 3.73. The van der Waals surface area contributed by atoms with E-state index in [1.807, 2.05) is 0 Å². The molecule has 8 nitrogen and oxygen atoms in total. The molecule has 1 aliphatic rings. The monoisotopic (exact) mass is 293 g/mol. The van der Waals surface area contributed by atoms with Crippen LogP contribution in [0.1, 0.15) is 6.23 Å². The van der Waals surface area contributed by atoms with Crippen LogP contribution in [0.4, 0.5) is 14.6 Å². The number of nitrogen functional groups attached to an aromatic ring is 1. The Morgan fingerprint density at radius 1 is 1.55 bits per heavy atom. The lowest BCUT2D eigenvalue weighted by Gasteiger charge is -2.28. The number of ether oxygens (including phenoxy) is 1. The van der Waals surface area contributed by atoms with Crippen LogP contribution in [0.3, 0.4) is 0 Å². The molecule has 10 heteroatoms. The molecule has 0 aliphatic carbocycles. The van der Waals surface area contributed by atoms with Crippen LogP contribution in [0.25, 0.3) is 0 Å². The molecule has 0 radical (unpaired) electrons.